The van der Waals surface area contributed by atoms with Gasteiger partial charge >= 0.3 is 11.4 Å². The van der Waals surface area contributed by atoms with Gasteiger partial charge in [-0.15, -0.1) is 0 Å². The minimum absolute atomic E-state index is 0.0923. The Bertz CT molecular complexity index is 1870. The number of nitrogens with one attached hydrogen (secondary N) is 2. The number of hydrogen-bond acceptors (Lipinski definition) is 7. The maximum Gasteiger partial charge on any atom is 0.355 e. The van der Waals surface area contributed by atoms with Crippen molar-refractivity contribution >= 4 is 28.9 Å². The molecule has 1 aromatic carbocycles. The molecule has 0 fully saturated rings. The average Bonchev–Trinajstić information content (AvgIpc) is 3.22. The van der Waals surface area contributed by atoms with Gasteiger partial charge in [-0.25, -0.2) is 36.8 Å². The molecule has 0 spiro atoms. The number of pyridine rings is 2. The first kappa shape index (κ1) is 25.0. The van der Waals surface area contributed by atoms with Crippen LogP contribution >= 0.6 is 11.6 Å². The van der Waals surface area contributed by atoms with Crippen molar-refractivity contribution in [1.29, 1.82) is 0 Å². The molecule has 0 aliphatic rings. The molecule has 0 bridgehead atoms. The maximum absolute atomic E-state index is 13.9. The largest absolute Gasteiger partial charge is 0.355 e. The van der Waals surface area contributed by atoms with Crippen LogP contribution in [-0.2, 0) is 13.1 Å². The molecule has 5 aromatic rings. The van der Waals surface area contributed by atoms with Crippen molar-refractivity contribution in [2.75, 3.05) is 5.32 Å². The molecule has 5 rings (SSSR count). The van der Waals surface area contributed by atoms with E-state index in [4.69, 9.17) is 11.6 Å². The second-order valence-electron chi connectivity index (χ2n) is 8.19. The van der Waals surface area contributed by atoms with Crippen LogP contribution in [0.25, 0.3) is 5.65 Å². The molecule has 0 radical (unpaired) electrons. The zero-order valence-corrected chi connectivity index (χ0v) is 20.1. The molecule has 38 heavy (non-hydrogen) atoms. The Labute approximate surface area is 214 Å². The summed E-state index contributed by atoms with van der Waals surface area (Å²) in [6.07, 6.45) is 2.83. The molecular weight excluding hydrogens is 529 g/mol. The van der Waals surface area contributed by atoms with Crippen LogP contribution in [0.15, 0.2) is 57.1 Å². The molecule has 2 N–H and O–H groups in total. The summed E-state index contributed by atoms with van der Waals surface area (Å²) in [6.45, 7) is 0.722. The second kappa shape index (κ2) is 9.63. The third-order valence-corrected chi connectivity index (χ3v) is 5.85. The van der Waals surface area contributed by atoms with Crippen molar-refractivity contribution < 1.29 is 13.2 Å². The maximum atomic E-state index is 13.9. The molecule has 0 atom stereocenters. The van der Waals surface area contributed by atoms with Gasteiger partial charge in [0.2, 0.25) is 5.95 Å². The minimum atomic E-state index is -1.67. The summed E-state index contributed by atoms with van der Waals surface area (Å²) in [4.78, 5) is 49.0. The van der Waals surface area contributed by atoms with Crippen LogP contribution in [0.1, 0.15) is 17.0 Å². The molecule has 15 heteroatoms. The zero-order chi connectivity index (χ0) is 27.1. The summed E-state index contributed by atoms with van der Waals surface area (Å²) in [6, 6.07) is 5.84. The minimum Gasteiger partial charge on any atom is -0.329 e. The van der Waals surface area contributed by atoms with Crippen molar-refractivity contribution in [2.45, 2.75) is 20.0 Å². The second-order valence-corrected chi connectivity index (χ2v) is 8.60. The lowest BCUT2D eigenvalue weighted by atomic mass is 10.2. The number of aromatic amines is 1. The number of halogens is 4. The van der Waals surface area contributed by atoms with E-state index in [2.05, 4.69) is 25.4 Å². The molecule has 4 aromatic heterocycles. The lowest BCUT2D eigenvalue weighted by Gasteiger charge is -2.16. The SMILES string of the molecule is Cc1nc2cc(Cl)c(Nc3nc(=O)n(Cc4ccc[nH]c4=O)c(=O)n3Cc3cc(F)c(F)c(F)c3)cn2n1. The van der Waals surface area contributed by atoms with Crippen molar-refractivity contribution in [3.8, 4) is 0 Å². The summed E-state index contributed by atoms with van der Waals surface area (Å²) in [5, 5.41) is 7.10. The van der Waals surface area contributed by atoms with E-state index < -0.39 is 47.5 Å². The highest BCUT2D eigenvalue weighted by atomic mass is 35.5. The van der Waals surface area contributed by atoms with Gasteiger partial charge in [-0.2, -0.15) is 10.1 Å². The van der Waals surface area contributed by atoms with E-state index in [1.807, 2.05) is 0 Å². The fourth-order valence-corrected chi connectivity index (χ4v) is 3.96. The van der Waals surface area contributed by atoms with Crippen molar-refractivity contribution in [3.63, 3.8) is 0 Å². The molecule has 0 aliphatic carbocycles. The molecule has 0 aliphatic heterocycles. The first-order valence-corrected chi connectivity index (χ1v) is 11.3. The Morgan fingerprint density at radius 3 is 2.47 bits per heavy atom. The number of H-pyrrole nitrogens is 1. The van der Waals surface area contributed by atoms with E-state index in [9.17, 15) is 27.6 Å². The van der Waals surface area contributed by atoms with Crippen molar-refractivity contribution in [1.82, 2.24) is 33.7 Å². The average molecular weight is 545 g/mol. The van der Waals surface area contributed by atoms with Crippen LogP contribution in [0.3, 0.4) is 0 Å². The van der Waals surface area contributed by atoms with E-state index in [1.165, 1.54) is 35.1 Å². The summed E-state index contributed by atoms with van der Waals surface area (Å²) >= 11 is 6.35. The molecule has 0 saturated carbocycles. The number of hydrogen-bond donors (Lipinski definition) is 2. The summed E-state index contributed by atoms with van der Waals surface area (Å²) in [5.74, 6) is -4.47. The predicted molar refractivity (Wildman–Crippen MR) is 130 cm³/mol. The number of benzene rings is 1. The molecule has 0 amide bonds. The fraction of sp³-hybridized carbons (Fsp3) is 0.130. The first-order chi connectivity index (χ1) is 18.1. The van der Waals surface area contributed by atoms with Gasteiger partial charge in [-0.05, 0) is 30.7 Å². The molecule has 194 valence electrons. The number of anilines is 2. The molecular formula is C23H16ClF3N8O3. The third kappa shape index (κ3) is 4.68. The lowest BCUT2D eigenvalue weighted by molar-refractivity contribution is 0.444. The van der Waals surface area contributed by atoms with Crippen LogP contribution < -0.4 is 22.3 Å². The topological polar surface area (TPSA) is 132 Å². The van der Waals surface area contributed by atoms with Gasteiger partial charge in [-0.1, -0.05) is 17.7 Å². The number of aromatic nitrogens is 7. The van der Waals surface area contributed by atoms with Crippen LogP contribution in [-0.4, -0.2) is 33.7 Å². The number of nitrogens with zero attached hydrogens (tertiary/aromatic N) is 6. The van der Waals surface area contributed by atoms with Gasteiger partial charge in [0.25, 0.3) is 5.56 Å². The highest BCUT2D eigenvalue weighted by Gasteiger charge is 2.19. The molecule has 0 unspecified atom stereocenters. The van der Waals surface area contributed by atoms with Crippen molar-refractivity contribution in [2.24, 2.45) is 0 Å². The summed E-state index contributed by atoms with van der Waals surface area (Å²) < 4.78 is 44.3. The van der Waals surface area contributed by atoms with Gasteiger partial charge in [0.15, 0.2) is 23.1 Å². The number of rotatable bonds is 6. The van der Waals surface area contributed by atoms with Gasteiger partial charge in [0.05, 0.1) is 30.0 Å². The van der Waals surface area contributed by atoms with Crippen LogP contribution in [0.2, 0.25) is 5.02 Å². The van der Waals surface area contributed by atoms with E-state index in [1.54, 1.807) is 6.92 Å². The number of aryl methyl sites for hydroxylation is 1. The van der Waals surface area contributed by atoms with E-state index in [-0.39, 0.29) is 27.8 Å². The van der Waals surface area contributed by atoms with E-state index >= 15 is 0 Å². The Morgan fingerprint density at radius 1 is 1.03 bits per heavy atom. The highest BCUT2D eigenvalue weighted by molar-refractivity contribution is 6.33. The Morgan fingerprint density at radius 2 is 1.76 bits per heavy atom. The highest BCUT2D eigenvalue weighted by Crippen LogP contribution is 2.25. The zero-order valence-electron chi connectivity index (χ0n) is 19.4. The predicted octanol–water partition coefficient (Wildman–Crippen LogP) is 2.36. The first-order valence-electron chi connectivity index (χ1n) is 10.9. The quantitative estimate of drug-likeness (QED) is 0.314. The van der Waals surface area contributed by atoms with E-state index in [0.29, 0.717) is 28.2 Å². The molecule has 0 saturated heterocycles. The molecule has 4 heterocycles. The van der Waals surface area contributed by atoms with Gasteiger partial charge < -0.3 is 10.3 Å². The standard InChI is InChI=1S/C23H16ClF3N8O3/c1-11-29-18-7-14(24)17(10-35(18)32-11)30-21-31-22(37)34(9-13-3-2-4-28-20(13)36)23(38)33(21)8-12-5-15(25)19(27)16(26)6-12/h2-7,10H,8-9H2,1H3,(H,28,36)(H,30,31,37). The monoisotopic (exact) mass is 544 g/mol. The number of fused-ring (bicyclic) bond motifs is 1. The van der Waals surface area contributed by atoms with Crippen molar-refractivity contribution in [3.05, 3.63) is 113 Å². The summed E-state index contributed by atoms with van der Waals surface area (Å²) in [5.41, 5.74) is -1.93. The van der Waals surface area contributed by atoms with Crippen LogP contribution in [0, 0.1) is 24.4 Å². The normalized spacial score (nSPS) is 11.3. The van der Waals surface area contributed by atoms with Crippen LogP contribution in [0.5, 0.6) is 0 Å². The van der Waals surface area contributed by atoms with Gasteiger partial charge in [-0.3, -0.25) is 9.36 Å². The van der Waals surface area contributed by atoms with Gasteiger partial charge in [0.1, 0.15) is 5.82 Å². The fourth-order valence-electron chi connectivity index (χ4n) is 3.76. The Balaban J connectivity index is 1.65. The Kier molecular flexibility index (Phi) is 6.32. The van der Waals surface area contributed by atoms with E-state index in [0.717, 1.165) is 4.57 Å². The molecule has 11 nitrogen and oxygen atoms in total. The Hall–Kier alpha value is -4.72. The van der Waals surface area contributed by atoms with Gasteiger partial charge in [0, 0.05) is 17.8 Å². The third-order valence-electron chi connectivity index (χ3n) is 5.54. The smallest absolute Gasteiger partial charge is 0.329 e. The summed E-state index contributed by atoms with van der Waals surface area (Å²) in [7, 11) is 0. The van der Waals surface area contributed by atoms with Crippen LogP contribution in [0.4, 0.5) is 24.8 Å². The lowest BCUT2D eigenvalue weighted by Crippen LogP contribution is -2.43.